The summed E-state index contributed by atoms with van der Waals surface area (Å²) in [4.78, 5) is 4.75. The molecule has 90 valence electrons. The molecule has 0 aromatic carbocycles. The fourth-order valence-electron chi connectivity index (χ4n) is 2.46. The number of aliphatic hydroxyl groups is 1. The highest BCUT2D eigenvalue weighted by atomic mass is 16.3. The zero-order valence-corrected chi connectivity index (χ0v) is 10.7. The summed E-state index contributed by atoms with van der Waals surface area (Å²) in [6.07, 6.45) is 2.39. The van der Waals surface area contributed by atoms with Gasteiger partial charge in [0, 0.05) is 25.2 Å². The van der Waals surface area contributed by atoms with Gasteiger partial charge in [-0.25, -0.2) is 0 Å². The molecule has 3 heteroatoms. The molecule has 0 radical (unpaired) electrons. The number of likely N-dealkylation sites (N-methyl/N-ethyl adjacent to an activating group) is 1. The maximum absolute atomic E-state index is 9.38. The van der Waals surface area contributed by atoms with E-state index < -0.39 is 0 Å². The average molecular weight is 214 g/mol. The molecule has 1 rings (SSSR count). The first-order valence-corrected chi connectivity index (χ1v) is 5.99. The first kappa shape index (κ1) is 12.9. The van der Waals surface area contributed by atoms with Gasteiger partial charge in [0.25, 0.3) is 0 Å². The highest BCUT2D eigenvalue weighted by Crippen LogP contribution is 2.32. The molecule has 15 heavy (non-hydrogen) atoms. The molecule has 1 fully saturated rings. The van der Waals surface area contributed by atoms with Crippen molar-refractivity contribution in [2.24, 2.45) is 5.92 Å². The van der Waals surface area contributed by atoms with Crippen molar-refractivity contribution in [3.63, 3.8) is 0 Å². The van der Waals surface area contributed by atoms with Crippen molar-refractivity contribution >= 4 is 0 Å². The van der Waals surface area contributed by atoms with Gasteiger partial charge in [-0.15, -0.1) is 0 Å². The monoisotopic (exact) mass is 214 g/mol. The normalized spacial score (nSPS) is 27.2. The Morgan fingerprint density at radius 1 is 1.40 bits per heavy atom. The van der Waals surface area contributed by atoms with Crippen molar-refractivity contribution < 1.29 is 5.11 Å². The van der Waals surface area contributed by atoms with Crippen LogP contribution in [0.1, 0.15) is 26.7 Å². The largest absolute Gasteiger partial charge is 0.396 e. The molecule has 1 atom stereocenters. The van der Waals surface area contributed by atoms with Crippen molar-refractivity contribution in [3.05, 3.63) is 0 Å². The Kier molecular flexibility index (Phi) is 4.56. The maximum Gasteiger partial charge on any atom is 0.0476 e. The van der Waals surface area contributed by atoms with Crippen LogP contribution in [0.2, 0.25) is 0 Å². The molecule has 0 aliphatic carbocycles. The molecule has 1 aliphatic heterocycles. The molecule has 0 aromatic rings. The minimum atomic E-state index is 0.156. The van der Waals surface area contributed by atoms with Crippen molar-refractivity contribution in [2.75, 3.05) is 40.3 Å². The van der Waals surface area contributed by atoms with Gasteiger partial charge in [0.15, 0.2) is 0 Å². The predicted molar refractivity (Wildman–Crippen MR) is 64.0 cm³/mol. The minimum absolute atomic E-state index is 0.156. The standard InChI is InChI=1S/C12H26N2O/c1-12(2)11(10-15)6-5-7-14(12)9-8-13(3)4/h11,15H,5-10H2,1-4H3. The van der Waals surface area contributed by atoms with Gasteiger partial charge in [0.05, 0.1) is 0 Å². The number of rotatable bonds is 4. The van der Waals surface area contributed by atoms with Crippen molar-refractivity contribution in [1.82, 2.24) is 9.80 Å². The van der Waals surface area contributed by atoms with E-state index in [-0.39, 0.29) is 5.54 Å². The second-order valence-corrected chi connectivity index (χ2v) is 5.47. The number of likely N-dealkylation sites (tertiary alicyclic amines) is 1. The second kappa shape index (κ2) is 5.28. The van der Waals surface area contributed by atoms with Gasteiger partial charge >= 0.3 is 0 Å². The fourth-order valence-corrected chi connectivity index (χ4v) is 2.46. The maximum atomic E-state index is 9.38. The Balaban J connectivity index is 2.54. The number of piperidine rings is 1. The lowest BCUT2D eigenvalue weighted by Gasteiger charge is -2.48. The van der Waals surface area contributed by atoms with Crippen LogP contribution in [0.5, 0.6) is 0 Å². The molecular formula is C12H26N2O. The van der Waals surface area contributed by atoms with E-state index in [0.717, 1.165) is 13.1 Å². The van der Waals surface area contributed by atoms with Gasteiger partial charge in [-0.1, -0.05) is 0 Å². The third-order valence-corrected chi connectivity index (χ3v) is 3.83. The van der Waals surface area contributed by atoms with Crippen LogP contribution < -0.4 is 0 Å². The second-order valence-electron chi connectivity index (χ2n) is 5.47. The Morgan fingerprint density at radius 2 is 2.07 bits per heavy atom. The van der Waals surface area contributed by atoms with Gasteiger partial charge in [0.1, 0.15) is 0 Å². The summed E-state index contributed by atoms with van der Waals surface area (Å²) in [5.74, 6) is 0.438. The van der Waals surface area contributed by atoms with Gasteiger partial charge in [0.2, 0.25) is 0 Å². The van der Waals surface area contributed by atoms with E-state index in [1.165, 1.54) is 19.4 Å². The van der Waals surface area contributed by atoms with E-state index in [1.807, 2.05) is 0 Å². The van der Waals surface area contributed by atoms with Crippen LogP contribution >= 0.6 is 0 Å². The lowest BCUT2D eigenvalue weighted by atomic mass is 9.79. The average Bonchev–Trinajstić information content (AvgIpc) is 2.15. The summed E-state index contributed by atoms with van der Waals surface area (Å²) in [5, 5.41) is 9.38. The third-order valence-electron chi connectivity index (χ3n) is 3.83. The molecule has 1 N–H and O–H groups in total. The Hall–Kier alpha value is -0.120. The van der Waals surface area contributed by atoms with Gasteiger partial charge in [-0.05, 0) is 53.2 Å². The molecule has 0 aromatic heterocycles. The quantitative estimate of drug-likeness (QED) is 0.757. The van der Waals surface area contributed by atoms with Crippen LogP contribution in [0, 0.1) is 5.92 Å². The van der Waals surface area contributed by atoms with Crippen molar-refractivity contribution in [1.29, 1.82) is 0 Å². The van der Waals surface area contributed by atoms with Gasteiger partial charge < -0.3 is 10.0 Å². The molecule has 1 unspecified atom stereocenters. The Morgan fingerprint density at radius 3 is 2.60 bits per heavy atom. The summed E-state index contributed by atoms with van der Waals surface area (Å²) in [6, 6.07) is 0. The molecule has 1 aliphatic rings. The number of aliphatic hydroxyl groups excluding tert-OH is 1. The summed E-state index contributed by atoms with van der Waals surface area (Å²) in [7, 11) is 4.22. The van der Waals surface area contributed by atoms with E-state index in [2.05, 4.69) is 37.7 Å². The topological polar surface area (TPSA) is 26.7 Å². The molecule has 3 nitrogen and oxygen atoms in total. The first-order chi connectivity index (χ1) is 6.98. The fraction of sp³-hybridized carbons (Fsp3) is 1.00. The van der Waals surface area contributed by atoms with Crippen LogP contribution in [0.4, 0.5) is 0 Å². The summed E-state index contributed by atoms with van der Waals surface area (Å²) >= 11 is 0. The zero-order chi connectivity index (χ0) is 11.5. The summed E-state index contributed by atoms with van der Waals surface area (Å²) in [6.45, 7) is 8.24. The number of nitrogens with zero attached hydrogens (tertiary/aromatic N) is 2. The van der Waals surface area contributed by atoms with Gasteiger partial charge in [-0.2, -0.15) is 0 Å². The molecular weight excluding hydrogens is 188 g/mol. The van der Waals surface area contributed by atoms with E-state index >= 15 is 0 Å². The van der Waals surface area contributed by atoms with E-state index in [1.54, 1.807) is 0 Å². The minimum Gasteiger partial charge on any atom is -0.396 e. The lowest BCUT2D eigenvalue weighted by molar-refractivity contribution is -0.00709. The number of hydrogen-bond acceptors (Lipinski definition) is 3. The molecule has 1 saturated heterocycles. The highest BCUT2D eigenvalue weighted by molar-refractivity contribution is 4.92. The molecule has 0 spiro atoms. The molecule has 0 bridgehead atoms. The van der Waals surface area contributed by atoms with Crippen LogP contribution in [0.3, 0.4) is 0 Å². The van der Waals surface area contributed by atoms with Crippen LogP contribution in [0.15, 0.2) is 0 Å². The Labute approximate surface area is 94.1 Å². The van der Waals surface area contributed by atoms with E-state index in [4.69, 9.17) is 0 Å². The van der Waals surface area contributed by atoms with Crippen LogP contribution in [0.25, 0.3) is 0 Å². The van der Waals surface area contributed by atoms with Gasteiger partial charge in [-0.3, -0.25) is 4.90 Å². The molecule has 0 amide bonds. The predicted octanol–water partition coefficient (Wildman–Crippen LogP) is 1.03. The summed E-state index contributed by atoms with van der Waals surface area (Å²) in [5.41, 5.74) is 0.156. The first-order valence-electron chi connectivity index (χ1n) is 5.99. The highest BCUT2D eigenvalue weighted by Gasteiger charge is 2.37. The Bertz CT molecular complexity index is 192. The SMILES string of the molecule is CN(C)CCN1CCCC(CO)C1(C)C. The smallest absolute Gasteiger partial charge is 0.0476 e. The molecule has 1 heterocycles. The lowest BCUT2D eigenvalue weighted by Crippen LogP contribution is -2.55. The van der Waals surface area contributed by atoms with E-state index in [9.17, 15) is 5.11 Å². The van der Waals surface area contributed by atoms with Crippen molar-refractivity contribution in [3.8, 4) is 0 Å². The van der Waals surface area contributed by atoms with Crippen molar-refractivity contribution in [2.45, 2.75) is 32.2 Å². The summed E-state index contributed by atoms with van der Waals surface area (Å²) < 4.78 is 0. The number of hydrogen-bond donors (Lipinski definition) is 1. The van der Waals surface area contributed by atoms with E-state index in [0.29, 0.717) is 12.5 Å². The molecule has 0 saturated carbocycles. The third kappa shape index (κ3) is 3.16. The van der Waals surface area contributed by atoms with Crippen LogP contribution in [-0.4, -0.2) is 60.8 Å². The van der Waals surface area contributed by atoms with Crippen LogP contribution in [-0.2, 0) is 0 Å². The zero-order valence-electron chi connectivity index (χ0n) is 10.7.